The van der Waals surface area contributed by atoms with E-state index in [0.717, 1.165) is 18.5 Å². The second-order valence-electron chi connectivity index (χ2n) is 6.69. The Kier molecular flexibility index (Phi) is 4.84. The third-order valence-electron chi connectivity index (χ3n) is 5.11. The maximum atomic E-state index is 12.7. The first-order chi connectivity index (χ1) is 12.7. The van der Waals surface area contributed by atoms with E-state index in [1.54, 1.807) is 18.0 Å². The summed E-state index contributed by atoms with van der Waals surface area (Å²) in [5, 5.41) is 6.27. The fraction of sp³-hybridized carbons (Fsp3) is 0.300. The summed E-state index contributed by atoms with van der Waals surface area (Å²) in [6.07, 6.45) is 13.5. The number of thioether (sulfide) groups is 1. The zero-order chi connectivity index (χ0) is 17.9. The monoisotopic (exact) mass is 366 g/mol. The van der Waals surface area contributed by atoms with Crippen molar-refractivity contribution in [1.82, 2.24) is 5.32 Å². The average molecular weight is 366 g/mol. The number of amides is 1. The Hall–Kier alpha value is -2.47. The lowest BCUT2D eigenvalue weighted by Gasteiger charge is -2.21. The van der Waals surface area contributed by atoms with Gasteiger partial charge in [0.15, 0.2) is 5.50 Å². The van der Waals surface area contributed by atoms with Gasteiger partial charge in [0.1, 0.15) is 0 Å². The SMILES string of the molecule is NC=C(C=NC1Nc2ccccc2S1)NC(=O)[C@@H]1CCC2C=CC=CC21. The molecule has 4 atom stereocenters. The molecule has 6 heteroatoms. The summed E-state index contributed by atoms with van der Waals surface area (Å²) >= 11 is 1.64. The predicted octanol–water partition coefficient (Wildman–Crippen LogP) is 3.24. The van der Waals surface area contributed by atoms with Gasteiger partial charge in [-0.2, -0.15) is 0 Å². The molecule has 1 fully saturated rings. The third kappa shape index (κ3) is 3.42. The number of nitrogens with zero attached hydrogens (tertiary/aromatic N) is 1. The van der Waals surface area contributed by atoms with Crippen molar-refractivity contribution in [1.29, 1.82) is 0 Å². The van der Waals surface area contributed by atoms with Gasteiger partial charge in [-0.1, -0.05) is 48.2 Å². The van der Waals surface area contributed by atoms with Gasteiger partial charge >= 0.3 is 0 Å². The van der Waals surface area contributed by atoms with E-state index in [-0.39, 0.29) is 23.2 Å². The predicted molar refractivity (Wildman–Crippen MR) is 107 cm³/mol. The number of carbonyl (C=O) groups excluding carboxylic acids is 1. The van der Waals surface area contributed by atoms with E-state index in [9.17, 15) is 4.79 Å². The highest BCUT2D eigenvalue weighted by molar-refractivity contribution is 8.00. The van der Waals surface area contributed by atoms with Gasteiger partial charge in [0.05, 0.1) is 11.4 Å². The molecule has 2 aliphatic carbocycles. The van der Waals surface area contributed by atoms with E-state index in [2.05, 4.69) is 39.9 Å². The van der Waals surface area contributed by atoms with Gasteiger partial charge < -0.3 is 16.4 Å². The second kappa shape index (κ2) is 7.41. The zero-order valence-electron chi connectivity index (χ0n) is 14.3. The van der Waals surface area contributed by atoms with Crippen LogP contribution in [0.25, 0.3) is 0 Å². The summed E-state index contributed by atoms with van der Waals surface area (Å²) < 4.78 is 0. The number of nitrogens with two attached hydrogens (primary N) is 1. The minimum Gasteiger partial charge on any atom is -0.403 e. The van der Waals surface area contributed by atoms with Crippen molar-refractivity contribution in [2.75, 3.05) is 5.32 Å². The molecule has 0 saturated heterocycles. The Morgan fingerprint density at radius 1 is 1.27 bits per heavy atom. The Morgan fingerprint density at radius 3 is 2.96 bits per heavy atom. The van der Waals surface area contributed by atoms with Crippen molar-refractivity contribution in [2.24, 2.45) is 28.5 Å². The molecule has 1 saturated carbocycles. The minimum absolute atomic E-state index is 0.00668. The van der Waals surface area contributed by atoms with Crippen LogP contribution in [0.5, 0.6) is 0 Å². The third-order valence-corrected chi connectivity index (χ3v) is 6.18. The molecule has 0 bridgehead atoms. The maximum absolute atomic E-state index is 12.7. The largest absolute Gasteiger partial charge is 0.403 e. The van der Waals surface area contributed by atoms with Crippen LogP contribution < -0.4 is 16.4 Å². The lowest BCUT2D eigenvalue weighted by molar-refractivity contribution is -0.124. The number of rotatable bonds is 4. The Bertz CT molecular complexity index is 789. The first-order valence-corrected chi connectivity index (χ1v) is 9.76. The molecule has 4 N–H and O–H groups in total. The molecule has 5 nitrogen and oxygen atoms in total. The van der Waals surface area contributed by atoms with Crippen LogP contribution in [-0.2, 0) is 4.79 Å². The molecule has 0 spiro atoms. The van der Waals surface area contributed by atoms with E-state index < -0.39 is 0 Å². The first kappa shape index (κ1) is 17.0. The van der Waals surface area contributed by atoms with E-state index in [4.69, 9.17) is 5.73 Å². The number of aliphatic imine (C=N–C) groups is 1. The van der Waals surface area contributed by atoms with E-state index in [1.165, 1.54) is 11.1 Å². The number of anilines is 1. The molecular formula is C20H22N4OS. The quantitative estimate of drug-likeness (QED) is 0.715. The Morgan fingerprint density at radius 2 is 2.12 bits per heavy atom. The van der Waals surface area contributed by atoms with Crippen molar-refractivity contribution < 1.29 is 4.79 Å². The zero-order valence-corrected chi connectivity index (χ0v) is 15.2. The van der Waals surface area contributed by atoms with Gasteiger partial charge in [0.25, 0.3) is 0 Å². The van der Waals surface area contributed by atoms with Crippen molar-refractivity contribution >= 4 is 29.6 Å². The van der Waals surface area contributed by atoms with Crippen LogP contribution in [0.4, 0.5) is 5.69 Å². The highest BCUT2D eigenvalue weighted by Crippen LogP contribution is 2.41. The first-order valence-electron chi connectivity index (χ1n) is 8.88. The summed E-state index contributed by atoms with van der Waals surface area (Å²) in [5.74, 6) is 0.786. The van der Waals surface area contributed by atoms with Crippen molar-refractivity contribution in [3.05, 3.63) is 60.5 Å². The number of nitrogens with one attached hydrogen (secondary N) is 2. The van der Waals surface area contributed by atoms with Crippen LogP contribution in [0.2, 0.25) is 0 Å². The molecule has 1 heterocycles. The van der Waals surface area contributed by atoms with Gasteiger partial charge in [-0.05, 0) is 36.8 Å². The number of benzene rings is 1. The molecular weight excluding hydrogens is 344 g/mol. The van der Waals surface area contributed by atoms with E-state index in [1.807, 2.05) is 24.3 Å². The number of fused-ring (bicyclic) bond motifs is 2. The molecule has 1 aromatic rings. The molecule has 26 heavy (non-hydrogen) atoms. The lowest BCUT2D eigenvalue weighted by atomic mass is 9.86. The van der Waals surface area contributed by atoms with Crippen LogP contribution >= 0.6 is 11.8 Å². The fourth-order valence-electron chi connectivity index (χ4n) is 3.80. The minimum atomic E-state index is -0.110. The fourth-order valence-corrected chi connectivity index (χ4v) is 4.76. The molecule has 0 radical (unpaired) electrons. The summed E-state index contributed by atoms with van der Waals surface area (Å²) in [4.78, 5) is 18.4. The summed E-state index contributed by atoms with van der Waals surface area (Å²) in [7, 11) is 0. The van der Waals surface area contributed by atoms with Gasteiger partial charge in [-0.3, -0.25) is 9.79 Å². The van der Waals surface area contributed by atoms with Crippen molar-refractivity contribution in [3.8, 4) is 0 Å². The van der Waals surface area contributed by atoms with Crippen molar-refractivity contribution in [2.45, 2.75) is 23.2 Å². The van der Waals surface area contributed by atoms with Gasteiger partial charge in [0.2, 0.25) is 5.91 Å². The standard InChI is InChI=1S/C20H22N4OS/c21-11-14(12-22-20-24-17-7-3-4-8-18(17)26-20)23-19(25)16-10-9-13-5-1-2-6-15(13)16/h1-8,11-13,15-16,20,24H,9-10,21H2,(H,23,25)/t13?,15?,16-,20?/m1/s1. The topological polar surface area (TPSA) is 79.5 Å². The number of allylic oxidation sites excluding steroid dienone is 5. The molecule has 4 rings (SSSR count). The molecule has 0 aromatic heterocycles. The Balaban J connectivity index is 1.36. The Labute approximate surface area is 157 Å². The molecule has 1 aliphatic heterocycles. The lowest BCUT2D eigenvalue weighted by Crippen LogP contribution is -2.33. The highest BCUT2D eigenvalue weighted by atomic mass is 32.2. The van der Waals surface area contributed by atoms with Crippen LogP contribution in [-0.4, -0.2) is 17.6 Å². The van der Waals surface area contributed by atoms with E-state index in [0.29, 0.717) is 11.6 Å². The van der Waals surface area contributed by atoms with Crippen LogP contribution in [0.3, 0.4) is 0 Å². The van der Waals surface area contributed by atoms with Crippen LogP contribution in [0.15, 0.2) is 70.4 Å². The van der Waals surface area contributed by atoms with E-state index >= 15 is 0 Å². The van der Waals surface area contributed by atoms with Gasteiger partial charge in [0, 0.05) is 23.2 Å². The number of hydrogen-bond donors (Lipinski definition) is 3. The van der Waals surface area contributed by atoms with Gasteiger partial charge in [-0.25, -0.2) is 0 Å². The normalized spacial score (nSPS) is 29.5. The van der Waals surface area contributed by atoms with Gasteiger partial charge in [-0.15, -0.1) is 0 Å². The smallest absolute Gasteiger partial charge is 0.228 e. The molecule has 1 aromatic carbocycles. The highest BCUT2D eigenvalue weighted by Gasteiger charge is 2.38. The van der Waals surface area contributed by atoms with Crippen LogP contribution in [0.1, 0.15) is 12.8 Å². The summed E-state index contributed by atoms with van der Waals surface area (Å²) in [5.41, 5.74) is 7.20. The maximum Gasteiger partial charge on any atom is 0.228 e. The molecule has 3 aliphatic rings. The number of hydrogen-bond acceptors (Lipinski definition) is 5. The summed E-state index contributed by atoms with van der Waals surface area (Å²) in [6, 6.07) is 8.09. The number of para-hydroxylation sites is 1. The van der Waals surface area contributed by atoms with Crippen molar-refractivity contribution in [3.63, 3.8) is 0 Å². The number of carbonyl (C=O) groups is 1. The molecule has 3 unspecified atom stereocenters. The second-order valence-corrected chi connectivity index (χ2v) is 7.82. The average Bonchev–Trinajstić information content (AvgIpc) is 3.28. The molecule has 134 valence electrons. The molecule has 1 amide bonds. The summed E-state index contributed by atoms with van der Waals surface area (Å²) in [6.45, 7) is 0. The van der Waals surface area contributed by atoms with Crippen LogP contribution in [0, 0.1) is 17.8 Å².